The summed E-state index contributed by atoms with van der Waals surface area (Å²) in [6, 6.07) is 18.9. The van der Waals surface area contributed by atoms with Crippen molar-refractivity contribution < 1.29 is 4.74 Å². The molecule has 1 aromatic carbocycles. The summed E-state index contributed by atoms with van der Waals surface area (Å²) in [5.74, 6) is 0.492. The van der Waals surface area contributed by atoms with Crippen molar-refractivity contribution in [3.05, 3.63) is 83.9 Å². The molecule has 1 N–H and O–H groups in total. The van der Waals surface area contributed by atoms with Crippen LogP contribution in [-0.2, 0) is 11.3 Å². The van der Waals surface area contributed by atoms with Crippen molar-refractivity contribution in [3.63, 3.8) is 0 Å². The van der Waals surface area contributed by atoms with E-state index in [2.05, 4.69) is 82.3 Å². The SMILES string of the molecule is COCCn1cccc1[C@H]1[C@@H](c2ccccn2)NC(=S)N1c1ccc(C(C)C)cc1. The number of nitrogens with one attached hydrogen (secondary N) is 1. The Morgan fingerprint density at radius 2 is 1.90 bits per heavy atom. The van der Waals surface area contributed by atoms with Crippen LogP contribution < -0.4 is 10.2 Å². The second kappa shape index (κ2) is 8.98. The first-order chi connectivity index (χ1) is 14.6. The smallest absolute Gasteiger partial charge is 0.174 e. The van der Waals surface area contributed by atoms with Crippen LogP contribution in [0.1, 0.15) is 48.8 Å². The number of methoxy groups -OCH3 is 1. The molecular formula is C24H28N4OS. The highest BCUT2D eigenvalue weighted by molar-refractivity contribution is 7.80. The Labute approximate surface area is 183 Å². The van der Waals surface area contributed by atoms with Crippen molar-refractivity contribution in [2.75, 3.05) is 18.6 Å². The summed E-state index contributed by atoms with van der Waals surface area (Å²) in [6.45, 7) is 5.86. The van der Waals surface area contributed by atoms with E-state index >= 15 is 0 Å². The highest BCUT2D eigenvalue weighted by Gasteiger charge is 2.41. The van der Waals surface area contributed by atoms with E-state index in [1.165, 1.54) is 11.3 Å². The fourth-order valence-corrected chi connectivity index (χ4v) is 4.39. The highest BCUT2D eigenvalue weighted by Crippen LogP contribution is 2.41. The molecule has 0 saturated carbocycles. The van der Waals surface area contributed by atoms with Gasteiger partial charge in [0.1, 0.15) is 6.04 Å². The molecule has 30 heavy (non-hydrogen) atoms. The van der Waals surface area contributed by atoms with Gasteiger partial charge in [-0.2, -0.15) is 0 Å². The molecule has 0 spiro atoms. The van der Waals surface area contributed by atoms with E-state index in [1.54, 1.807) is 7.11 Å². The highest BCUT2D eigenvalue weighted by atomic mass is 32.1. The normalized spacial score (nSPS) is 18.8. The number of anilines is 1. The first kappa shape index (κ1) is 20.6. The van der Waals surface area contributed by atoms with Crippen LogP contribution in [0.2, 0.25) is 0 Å². The number of aromatic nitrogens is 2. The van der Waals surface area contributed by atoms with Gasteiger partial charge in [0.05, 0.1) is 18.3 Å². The number of benzene rings is 1. The molecule has 0 bridgehead atoms. The van der Waals surface area contributed by atoms with E-state index in [4.69, 9.17) is 17.0 Å². The number of pyridine rings is 1. The van der Waals surface area contributed by atoms with Gasteiger partial charge in [0.2, 0.25) is 0 Å². The largest absolute Gasteiger partial charge is 0.383 e. The summed E-state index contributed by atoms with van der Waals surface area (Å²) in [4.78, 5) is 6.85. The number of ether oxygens (including phenoxy) is 1. The molecule has 0 radical (unpaired) electrons. The maximum Gasteiger partial charge on any atom is 0.174 e. The Kier molecular flexibility index (Phi) is 6.16. The molecule has 6 heteroatoms. The predicted molar refractivity (Wildman–Crippen MR) is 125 cm³/mol. The molecule has 1 fully saturated rings. The lowest BCUT2D eigenvalue weighted by Crippen LogP contribution is -2.30. The summed E-state index contributed by atoms with van der Waals surface area (Å²) in [7, 11) is 1.73. The summed E-state index contributed by atoms with van der Waals surface area (Å²) in [6.07, 6.45) is 3.94. The Morgan fingerprint density at radius 1 is 1.10 bits per heavy atom. The van der Waals surface area contributed by atoms with E-state index in [0.717, 1.165) is 17.9 Å². The van der Waals surface area contributed by atoms with Crippen molar-refractivity contribution in [3.8, 4) is 0 Å². The van der Waals surface area contributed by atoms with Crippen molar-refractivity contribution in [1.82, 2.24) is 14.9 Å². The van der Waals surface area contributed by atoms with Gasteiger partial charge < -0.3 is 19.5 Å². The number of nitrogens with zero attached hydrogens (tertiary/aromatic N) is 3. The van der Waals surface area contributed by atoms with Crippen LogP contribution in [0.5, 0.6) is 0 Å². The van der Waals surface area contributed by atoms with Gasteiger partial charge in [-0.3, -0.25) is 4.98 Å². The van der Waals surface area contributed by atoms with Crippen LogP contribution in [0.25, 0.3) is 0 Å². The Balaban J connectivity index is 1.78. The van der Waals surface area contributed by atoms with Gasteiger partial charge in [-0.15, -0.1) is 0 Å². The van der Waals surface area contributed by atoms with Gasteiger partial charge in [-0.1, -0.05) is 32.0 Å². The minimum absolute atomic E-state index is 0.0100. The summed E-state index contributed by atoms with van der Waals surface area (Å²) >= 11 is 5.82. The number of hydrogen-bond donors (Lipinski definition) is 1. The van der Waals surface area contributed by atoms with E-state index in [9.17, 15) is 0 Å². The number of thiocarbonyl (C=S) groups is 1. The molecule has 156 valence electrons. The zero-order valence-electron chi connectivity index (χ0n) is 17.7. The van der Waals surface area contributed by atoms with Crippen molar-refractivity contribution in [1.29, 1.82) is 0 Å². The Morgan fingerprint density at radius 3 is 2.57 bits per heavy atom. The van der Waals surface area contributed by atoms with Crippen LogP contribution in [0.15, 0.2) is 67.0 Å². The van der Waals surface area contributed by atoms with Gasteiger partial charge in [-0.05, 0) is 60.1 Å². The van der Waals surface area contributed by atoms with Crippen molar-refractivity contribution in [2.24, 2.45) is 0 Å². The summed E-state index contributed by atoms with van der Waals surface area (Å²) < 4.78 is 7.57. The molecule has 0 unspecified atom stereocenters. The lowest BCUT2D eigenvalue weighted by Gasteiger charge is -2.29. The fourth-order valence-electron chi connectivity index (χ4n) is 4.04. The first-order valence-electron chi connectivity index (χ1n) is 10.3. The molecule has 3 heterocycles. The van der Waals surface area contributed by atoms with Crippen LogP contribution >= 0.6 is 12.2 Å². The minimum Gasteiger partial charge on any atom is -0.383 e. The molecule has 2 atom stereocenters. The molecular weight excluding hydrogens is 392 g/mol. The second-order valence-corrected chi connectivity index (χ2v) is 8.25. The first-order valence-corrected chi connectivity index (χ1v) is 10.8. The Hall–Kier alpha value is -2.70. The Bertz CT molecular complexity index is 984. The lowest BCUT2D eigenvalue weighted by atomic mass is 9.99. The second-order valence-electron chi connectivity index (χ2n) is 7.86. The van der Waals surface area contributed by atoms with Gasteiger partial charge in [0.25, 0.3) is 0 Å². The van der Waals surface area contributed by atoms with Gasteiger partial charge in [-0.25, -0.2) is 0 Å². The van der Waals surface area contributed by atoms with Crippen LogP contribution in [0, 0.1) is 0 Å². The standard InChI is InChI=1S/C24H28N4OS/c1-17(2)18-9-11-19(12-10-18)28-23(21-8-6-14-27(21)15-16-29-3)22(26-24(28)30)20-7-4-5-13-25-20/h4-14,17,22-23H,15-16H2,1-3H3,(H,26,30)/t22-,23+/m1/s1. The van der Waals surface area contributed by atoms with E-state index in [0.29, 0.717) is 17.6 Å². The third kappa shape index (κ3) is 3.98. The van der Waals surface area contributed by atoms with E-state index in [-0.39, 0.29) is 12.1 Å². The summed E-state index contributed by atoms with van der Waals surface area (Å²) in [5.41, 5.74) is 4.56. The molecule has 2 aromatic heterocycles. The minimum atomic E-state index is -0.0420. The van der Waals surface area contributed by atoms with Crippen molar-refractivity contribution in [2.45, 2.75) is 38.4 Å². The van der Waals surface area contributed by atoms with Gasteiger partial charge in [0.15, 0.2) is 5.11 Å². The molecule has 4 rings (SSSR count). The molecule has 0 amide bonds. The molecule has 1 aliphatic heterocycles. The zero-order valence-corrected chi connectivity index (χ0v) is 18.5. The maximum absolute atomic E-state index is 5.82. The average molecular weight is 421 g/mol. The topological polar surface area (TPSA) is 42.3 Å². The van der Waals surface area contributed by atoms with Gasteiger partial charge >= 0.3 is 0 Å². The molecule has 5 nitrogen and oxygen atoms in total. The fraction of sp³-hybridized carbons (Fsp3) is 0.333. The van der Waals surface area contributed by atoms with Crippen LogP contribution in [0.4, 0.5) is 5.69 Å². The quantitative estimate of drug-likeness (QED) is 0.555. The molecule has 0 aliphatic carbocycles. The average Bonchev–Trinajstić information content (AvgIpc) is 3.36. The third-order valence-electron chi connectivity index (χ3n) is 5.64. The molecule has 1 aliphatic rings. The molecule has 3 aromatic rings. The van der Waals surface area contributed by atoms with E-state index in [1.807, 2.05) is 18.3 Å². The molecule has 1 saturated heterocycles. The number of hydrogen-bond acceptors (Lipinski definition) is 3. The summed E-state index contributed by atoms with van der Waals surface area (Å²) in [5, 5.41) is 4.24. The predicted octanol–water partition coefficient (Wildman–Crippen LogP) is 4.83. The van der Waals surface area contributed by atoms with Crippen molar-refractivity contribution >= 4 is 23.0 Å². The number of rotatable bonds is 7. The van der Waals surface area contributed by atoms with Crippen LogP contribution in [0.3, 0.4) is 0 Å². The monoisotopic (exact) mass is 420 g/mol. The lowest BCUT2D eigenvalue weighted by molar-refractivity contribution is 0.186. The van der Waals surface area contributed by atoms with Crippen LogP contribution in [-0.4, -0.2) is 28.4 Å². The van der Waals surface area contributed by atoms with E-state index < -0.39 is 0 Å². The zero-order chi connectivity index (χ0) is 21.1. The van der Waals surface area contributed by atoms with Gasteiger partial charge in [0, 0.05) is 37.4 Å². The maximum atomic E-state index is 5.82. The third-order valence-corrected chi connectivity index (χ3v) is 5.95.